The van der Waals surface area contributed by atoms with Crippen LogP contribution >= 0.6 is 36.5 Å². The lowest BCUT2D eigenvalue weighted by molar-refractivity contribution is 0.708. The molecule has 134 valence electrons. The van der Waals surface area contributed by atoms with Crippen molar-refractivity contribution in [2.24, 2.45) is 0 Å². The Labute approximate surface area is 163 Å². The smallest absolute Gasteiger partial charge is 0.133 e. The van der Waals surface area contributed by atoms with Crippen LogP contribution in [0.2, 0.25) is 0 Å². The fourth-order valence-corrected chi connectivity index (χ4v) is 3.46. The Morgan fingerprint density at radius 3 is 2.76 bits per heavy atom. The number of nitrogens with zero attached hydrogens (tertiary/aromatic N) is 4. The molecule has 0 amide bonds. The van der Waals surface area contributed by atoms with E-state index in [4.69, 9.17) is 0 Å². The average molecular weight is 399 g/mol. The highest BCUT2D eigenvalue weighted by molar-refractivity contribution is 7.00. The van der Waals surface area contributed by atoms with Crippen molar-refractivity contribution in [1.82, 2.24) is 24.0 Å². The van der Waals surface area contributed by atoms with Crippen LogP contribution < -0.4 is 10.6 Å². The molecule has 1 aromatic carbocycles. The molecular weight excluding hydrogens is 379 g/mol. The molecule has 0 radical (unpaired) electrons. The van der Waals surface area contributed by atoms with Crippen molar-refractivity contribution >= 4 is 53.4 Å². The van der Waals surface area contributed by atoms with Crippen molar-refractivity contribution in [3.8, 4) is 0 Å². The maximum absolute atomic E-state index is 4.62. The van der Waals surface area contributed by atoms with Gasteiger partial charge in [-0.3, -0.25) is 0 Å². The summed E-state index contributed by atoms with van der Waals surface area (Å²) >= 11 is 1.25. The maximum atomic E-state index is 4.62. The van der Waals surface area contributed by atoms with Crippen LogP contribution in [-0.2, 0) is 19.4 Å². The van der Waals surface area contributed by atoms with Crippen molar-refractivity contribution < 1.29 is 0 Å². The van der Waals surface area contributed by atoms with E-state index in [1.807, 2.05) is 13.0 Å². The van der Waals surface area contributed by atoms with Gasteiger partial charge < -0.3 is 10.6 Å². The second-order valence-electron chi connectivity index (χ2n) is 5.74. The number of aryl methyl sites for hydroxylation is 1. The van der Waals surface area contributed by atoms with Gasteiger partial charge in [-0.2, -0.15) is 8.75 Å². The summed E-state index contributed by atoms with van der Waals surface area (Å²) in [6.07, 6.45) is 1.93. The lowest BCUT2D eigenvalue weighted by Crippen LogP contribution is -2.16. The first kappa shape index (κ1) is 19.8. The lowest BCUT2D eigenvalue weighted by Gasteiger charge is -2.13. The molecule has 2 aromatic heterocycles. The number of benzene rings is 1. The Balaban J connectivity index is 0.00000113. The molecule has 6 nitrogen and oxygen atoms in total. The molecule has 25 heavy (non-hydrogen) atoms. The molecule has 0 atom stereocenters. The second-order valence-corrected chi connectivity index (χ2v) is 6.26. The van der Waals surface area contributed by atoms with Gasteiger partial charge in [-0.15, -0.1) is 24.8 Å². The molecule has 0 aliphatic carbocycles. The van der Waals surface area contributed by atoms with Gasteiger partial charge >= 0.3 is 0 Å². The average Bonchev–Trinajstić information content (AvgIpc) is 2.89. The standard InChI is InChI=1S/C16H18N6S.2ClH/c1-10-19-13-5-7-17-6-4-12(13)16(20-10)18-9-11-2-3-14-15(8-11)22-23-21-14;;/h2-3,8,17H,4-7,9H2,1H3,(H,18,19,20);2*1H. The molecule has 0 fully saturated rings. The zero-order valence-corrected chi connectivity index (χ0v) is 16.2. The van der Waals surface area contributed by atoms with Crippen LogP contribution in [0.4, 0.5) is 5.82 Å². The minimum absolute atomic E-state index is 0. The third-order valence-corrected chi connectivity index (χ3v) is 4.63. The molecule has 9 heteroatoms. The van der Waals surface area contributed by atoms with Gasteiger partial charge in [0.2, 0.25) is 0 Å². The van der Waals surface area contributed by atoms with E-state index in [1.165, 1.54) is 28.5 Å². The first-order chi connectivity index (χ1) is 11.3. The molecular formula is C16H20Cl2N6S. The van der Waals surface area contributed by atoms with E-state index in [9.17, 15) is 0 Å². The molecule has 2 N–H and O–H groups in total. The molecule has 0 unspecified atom stereocenters. The number of halogens is 2. The number of hydrogen-bond acceptors (Lipinski definition) is 7. The Bertz CT molecular complexity index is 854. The quantitative estimate of drug-likeness (QED) is 0.706. The van der Waals surface area contributed by atoms with E-state index >= 15 is 0 Å². The Morgan fingerprint density at radius 2 is 1.88 bits per heavy atom. The maximum Gasteiger partial charge on any atom is 0.133 e. The van der Waals surface area contributed by atoms with Crippen LogP contribution in [0.1, 0.15) is 22.6 Å². The summed E-state index contributed by atoms with van der Waals surface area (Å²) in [4.78, 5) is 9.23. The normalized spacial score (nSPS) is 13.3. The van der Waals surface area contributed by atoms with E-state index < -0.39 is 0 Å². The van der Waals surface area contributed by atoms with Crippen LogP contribution in [-0.4, -0.2) is 31.8 Å². The van der Waals surface area contributed by atoms with Gasteiger partial charge in [-0.05, 0) is 37.6 Å². The minimum Gasteiger partial charge on any atom is -0.366 e. The number of aromatic nitrogens is 4. The van der Waals surface area contributed by atoms with E-state index in [0.717, 1.165) is 55.2 Å². The predicted octanol–water partition coefficient (Wildman–Crippen LogP) is 2.93. The zero-order valence-electron chi connectivity index (χ0n) is 13.8. The molecule has 0 saturated carbocycles. The number of rotatable bonds is 3. The topological polar surface area (TPSA) is 75.6 Å². The highest BCUT2D eigenvalue weighted by Crippen LogP contribution is 2.21. The van der Waals surface area contributed by atoms with Crippen molar-refractivity contribution in [3.05, 3.63) is 40.8 Å². The summed E-state index contributed by atoms with van der Waals surface area (Å²) in [7, 11) is 0. The van der Waals surface area contributed by atoms with Crippen LogP contribution in [0.15, 0.2) is 18.2 Å². The fraction of sp³-hybridized carbons (Fsp3) is 0.375. The number of fused-ring (bicyclic) bond motifs is 2. The van der Waals surface area contributed by atoms with E-state index in [2.05, 4.69) is 41.5 Å². The third kappa shape index (κ3) is 4.36. The fourth-order valence-electron chi connectivity index (χ4n) is 2.94. The molecule has 1 aliphatic rings. The highest BCUT2D eigenvalue weighted by atomic mass is 35.5. The lowest BCUT2D eigenvalue weighted by atomic mass is 10.1. The van der Waals surface area contributed by atoms with Gasteiger partial charge in [-0.1, -0.05) is 6.07 Å². The van der Waals surface area contributed by atoms with Crippen LogP contribution in [0.5, 0.6) is 0 Å². The summed E-state index contributed by atoms with van der Waals surface area (Å²) in [5.41, 5.74) is 5.51. The molecule has 4 rings (SSSR count). The number of hydrogen-bond donors (Lipinski definition) is 2. The SMILES string of the molecule is Cc1nc2c(c(NCc3ccc4nsnc4c3)n1)CCNCC2.Cl.Cl. The van der Waals surface area contributed by atoms with E-state index in [-0.39, 0.29) is 24.8 Å². The summed E-state index contributed by atoms with van der Waals surface area (Å²) in [6.45, 7) is 4.64. The van der Waals surface area contributed by atoms with Gasteiger partial charge in [-0.25, -0.2) is 9.97 Å². The van der Waals surface area contributed by atoms with E-state index in [0.29, 0.717) is 0 Å². The summed E-state index contributed by atoms with van der Waals surface area (Å²) in [5, 5.41) is 6.91. The van der Waals surface area contributed by atoms with Gasteiger partial charge in [0.15, 0.2) is 0 Å². The number of nitrogens with one attached hydrogen (secondary N) is 2. The van der Waals surface area contributed by atoms with Gasteiger partial charge in [0.1, 0.15) is 22.7 Å². The first-order valence-electron chi connectivity index (χ1n) is 7.82. The molecule has 0 saturated heterocycles. The van der Waals surface area contributed by atoms with Crippen molar-refractivity contribution in [1.29, 1.82) is 0 Å². The van der Waals surface area contributed by atoms with Crippen molar-refractivity contribution in [3.63, 3.8) is 0 Å². The van der Waals surface area contributed by atoms with Gasteiger partial charge in [0.25, 0.3) is 0 Å². The third-order valence-electron chi connectivity index (χ3n) is 4.07. The Hall–Kier alpha value is -1.54. The molecule has 3 heterocycles. The predicted molar refractivity (Wildman–Crippen MR) is 106 cm³/mol. The summed E-state index contributed by atoms with van der Waals surface area (Å²) in [6, 6.07) is 6.19. The summed E-state index contributed by atoms with van der Waals surface area (Å²) in [5.74, 6) is 1.79. The molecule has 3 aromatic rings. The molecule has 0 spiro atoms. The molecule has 0 bridgehead atoms. The summed E-state index contributed by atoms with van der Waals surface area (Å²) < 4.78 is 8.54. The Morgan fingerprint density at radius 1 is 1.08 bits per heavy atom. The van der Waals surface area contributed by atoms with E-state index in [1.54, 1.807) is 0 Å². The number of anilines is 1. The largest absolute Gasteiger partial charge is 0.366 e. The van der Waals surface area contributed by atoms with Gasteiger partial charge in [0.05, 0.1) is 17.4 Å². The minimum atomic E-state index is 0. The van der Waals surface area contributed by atoms with Crippen molar-refractivity contribution in [2.45, 2.75) is 26.3 Å². The van der Waals surface area contributed by atoms with Crippen LogP contribution in [0, 0.1) is 6.92 Å². The Kier molecular flexibility index (Phi) is 6.89. The first-order valence-corrected chi connectivity index (χ1v) is 8.55. The highest BCUT2D eigenvalue weighted by Gasteiger charge is 2.15. The van der Waals surface area contributed by atoms with Crippen LogP contribution in [0.25, 0.3) is 11.0 Å². The second kappa shape index (κ2) is 8.71. The molecule has 1 aliphatic heterocycles. The van der Waals surface area contributed by atoms with Crippen molar-refractivity contribution in [2.75, 3.05) is 18.4 Å². The monoisotopic (exact) mass is 398 g/mol. The van der Waals surface area contributed by atoms with Crippen LogP contribution in [0.3, 0.4) is 0 Å². The van der Waals surface area contributed by atoms with Gasteiger partial charge in [0, 0.05) is 25.1 Å². The zero-order chi connectivity index (χ0) is 15.6.